The monoisotopic (exact) mass is 496 g/mol. The van der Waals surface area contributed by atoms with Crippen LogP contribution in [-0.2, 0) is 18.3 Å². The van der Waals surface area contributed by atoms with E-state index >= 15 is 0 Å². The van der Waals surface area contributed by atoms with Gasteiger partial charge in [0.05, 0.1) is 16.7 Å². The molecule has 2 aromatic carbocycles. The molecule has 0 unspecified atom stereocenters. The Bertz CT molecular complexity index is 1210. The minimum atomic E-state index is -0.542. The van der Waals surface area contributed by atoms with Gasteiger partial charge in [0.1, 0.15) is 0 Å². The van der Waals surface area contributed by atoms with Crippen LogP contribution in [0.4, 0.5) is 11.4 Å². The smallest absolute Gasteiger partial charge is 0.270 e. The van der Waals surface area contributed by atoms with E-state index in [4.69, 9.17) is 0 Å². The van der Waals surface area contributed by atoms with Crippen LogP contribution in [0.3, 0.4) is 0 Å². The molecule has 0 bridgehead atoms. The number of nitro groups is 1. The number of nitrogens with zero attached hydrogens (tertiary/aromatic N) is 4. The average molecular weight is 497 g/mol. The molecule has 2 N–H and O–H groups in total. The first-order valence-electron chi connectivity index (χ1n) is 11.2. The van der Waals surface area contributed by atoms with Crippen LogP contribution in [0.15, 0.2) is 53.7 Å². The average Bonchev–Trinajstić information content (AvgIpc) is 3.21. The first-order chi connectivity index (χ1) is 16.7. The molecule has 0 aliphatic carbocycles. The number of hydrogen-bond acceptors (Lipinski definition) is 7. The number of non-ortho nitro benzene ring substituents is 1. The fourth-order valence-electron chi connectivity index (χ4n) is 3.39. The predicted octanol–water partition coefficient (Wildman–Crippen LogP) is 4.14. The molecule has 3 aromatic rings. The number of nitrogens with one attached hydrogen (secondary N) is 2. The Morgan fingerprint density at radius 1 is 1.14 bits per heavy atom. The quantitative estimate of drug-likeness (QED) is 0.245. The Morgan fingerprint density at radius 2 is 1.86 bits per heavy atom. The molecule has 10 nitrogen and oxygen atoms in total. The molecule has 0 fully saturated rings. The van der Waals surface area contributed by atoms with Crippen LogP contribution in [-0.4, -0.2) is 37.3 Å². The number of hydrogen-bond donors (Lipinski definition) is 2. The van der Waals surface area contributed by atoms with Gasteiger partial charge < -0.3 is 15.2 Å². The van der Waals surface area contributed by atoms with Crippen molar-refractivity contribution in [2.24, 2.45) is 13.0 Å². The summed E-state index contributed by atoms with van der Waals surface area (Å²) in [5.74, 6) is 0.0272. The maximum Gasteiger partial charge on any atom is 0.270 e. The number of amides is 2. The standard InChI is InChI=1S/C24H28N6O4S/c1-5-16-9-11-18(12-10-16)25-20(31)14-35-24-28-27-22(29(24)4)21(15(2)3)26-23(32)17-7-6-8-19(13-17)30(33)34/h6-13,15,21H,5,14H2,1-4H3,(H,25,31)(H,26,32)/t21-/m0/s1. The van der Waals surface area contributed by atoms with Crippen molar-refractivity contribution in [3.8, 4) is 0 Å². The molecule has 2 amide bonds. The Morgan fingerprint density at radius 3 is 2.49 bits per heavy atom. The van der Waals surface area contributed by atoms with Crippen LogP contribution in [0, 0.1) is 16.0 Å². The number of carbonyl (C=O) groups excluding carboxylic acids is 2. The molecule has 0 saturated heterocycles. The fraction of sp³-hybridized carbons (Fsp3) is 0.333. The van der Waals surface area contributed by atoms with E-state index in [1.807, 2.05) is 38.1 Å². The van der Waals surface area contributed by atoms with Crippen LogP contribution in [0.1, 0.15) is 48.6 Å². The topological polar surface area (TPSA) is 132 Å². The molecule has 0 spiro atoms. The highest BCUT2D eigenvalue weighted by Crippen LogP contribution is 2.25. The van der Waals surface area contributed by atoms with E-state index in [9.17, 15) is 19.7 Å². The van der Waals surface area contributed by atoms with Crippen LogP contribution in [0.5, 0.6) is 0 Å². The number of rotatable bonds is 10. The van der Waals surface area contributed by atoms with Crippen molar-refractivity contribution in [2.45, 2.75) is 38.4 Å². The highest BCUT2D eigenvalue weighted by molar-refractivity contribution is 7.99. The lowest BCUT2D eigenvalue weighted by molar-refractivity contribution is -0.384. The van der Waals surface area contributed by atoms with Gasteiger partial charge in [-0.25, -0.2) is 0 Å². The van der Waals surface area contributed by atoms with Crippen molar-refractivity contribution in [3.05, 3.63) is 75.6 Å². The molecule has 184 valence electrons. The summed E-state index contributed by atoms with van der Waals surface area (Å²) in [5, 5.41) is 25.8. The third-order valence-corrected chi connectivity index (χ3v) is 6.42. The van der Waals surface area contributed by atoms with Crippen molar-refractivity contribution in [2.75, 3.05) is 11.1 Å². The summed E-state index contributed by atoms with van der Waals surface area (Å²) >= 11 is 1.24. The second-order valence-electron chi connectivity index (χ2n) is 8.29. The number of aromatic nitrogens is 3. The lowest BCUT2D eigenvalue weighted by Gasteiger charge is -2.21. The zero-order valence-electron chi connectivity index (χ0n) is 20.0. The van der Waals surface area contributed by atoms with Gasteiger partial charge in [-0.3, -0.25) is 19.7 Å². The highest BCUT2D eigenvalue weighted by atomic mass is 32.2. The zero-order chi connectivity index (χ0) is 25.5. The SMILES string of the molecule is CCc1ccc(NC(=O)CSc2nnc([C@@H](NC(=O)c3cccc([N+](=O)[O-])c3)C(C)C)n2C)cc1. The molecule has 1 heterocycles. The summed E-state index contributed by atoms with van der Waals surface area (Å²) in [4.78, 5) is 35.7. The minimum Gasteiger partial charge on any atom is -0.342 e. The van der Waals surface area contributed by atoms with E-state index in [-0.39, 0.29) is 28.8 Å². The van der Waals surface area contributed by atoms with Crippen molar-refractivity contribution < 1.29 is 14.5 Å². The van der Waals surface area contributed by atoms with Gasteiger partial charge in [-0.05, 0) is 36.1 Å². The number of aryl methyl sites for hydroxylation is 1. The number of carbonyl (C=O) groups is 2. The van der Waals surface area contributed by atoms with Crippen molar-refractivity contribution >= 4 is 35.0 Å². The Kier molecular flexibility index (Phi) is 8.58. The van der Waals surface area contributed by atoms with E-state index < -0.39 is 16.9 Å². The normalized spacial score (nSPS) is 11.8. The molecule has 0 saturated carbocycles. The summed E-state index contributed by atoms with van der Waals surface area (Å²) in [5.41, 5.74) is 1.96. The molecule has 0 aliphatic rings. The second-order valence-corrected chi connectivity index (χ2v) is 9.23. The van der Waals surface area contributed by atoms with Gasteiger partial charge in [0.25, 0.3) is 11.6 Å². The zero-order valence-corrected chi connectivity index (χ0v) is 20.8. The number of nitro benzene ring substituents is 1. The van der Waals surface area contributed by atoms with Crippen LogP contribution in [0.25, 0.3) is 0 Å². The van der Waals surface area contributed by atoms with Crippen LogP contribution in [0.2, 0.25) is 0 Å². The fourth-order valence-corrected chi connectivity index (χ4v) is 4.11. The molecule has 11 heteroatoms. The second kappa shape index (κ2) is 11.6. The molecular weight excluding hydrogens is 468 g/mol. The third-order valence-electron chi connectivity index (χ3n) is 5.40. The van der Waals surface area contributed by atoms with E-state index in [0.29, 0.717) is 11.0 Å². The summed E-state index contributed by atoms with van der Waals surface area (Å²) in [7, 11) is 1.77. The minimum absolute atomic E-state index is 0.0345. The molecule has 0 aliphatic heterocycles. The maximum absolute atomic E-state index is 12.8. The lowest BCUT2D eigenvalue weighted by atomic mass is 10.0. The van der Waals surface area contributed by atoms with Gasteiger partial charge in [0.15, 0.2) is 11.0 Å². The molecule has 3 rings (SSSR count). The van der Waals surface area contributed by atoms with Gasteiger partial charge in [-0.2, -0.15) is 0 Å². The van der Waals surface area contributed by atoms with Gasteiger partial charge >= 0.3 is 0 Å². The van der Waals surface area contributed by atoms with E-state index in [2.05, 4.69) is 27.8 Å². The first-order valence-corrected chi connectivity index (χ1v) is 12.1. The van der Waals surface area contributed by atoms with Gasteiger partial charge in [0, 0.05) is 30.4 Å². The third kappa shape index (κ3) is 6.66. The van der Waals surface area contributed by atoms with E-state index in [1.54, 1.807) is 11.6 Å². The number of benzene rings is 2. The van der Waals surface area contributed by atoms with Crippen molar-refractivity contribution in [3.63, 3.8) is 0 Å². The largest absolute Gasteiger partial charge is 0.342 e. The van der Waals surface area contributed by atoms with E-state index in [0.717, 1.165) is 12.1 Å². The summed E-state index contributed by atoms with van der Waals surface area (Å²) in [6.45, 7) is 5.93. The molecule has 1 aromatic heterocycles. The first kappa shape index (κ1) is 25.9. The summed E-state index contributed by atoms with van der Waals surface area (Å²) < 4.78 is 1.74. The Hall–Kier alpha value is -3.73. The van der Waals surface area contributed by atoms with E-state index in [1.165, 1.54) is 41.6 Å². The number of thioether (sulfide) groups is 1. The van der Waals surface area contributed by atoms with Crippen molar-refractivity contribution in [1.82, 2.24) is 20.1 Å². The van der Waals surface area contributed by atoms with Crippen LogP contribution >= 0.6 is 11.8 Å². The number of anilines is 1. The molecule has 0 radical (unpaired) electrons. The van der Waals surface area contributed by atoms with Gasteiger partial charge in [-0.15, -0.1) is 10.2 Å². The highest BCUT2D eigenvalue weighted by Gasteiger charge is 2.26. The van der Waals surface area contributed by atoms with Crippen molar-refractivity contribution in [1.29, 1.82) is 0 Å². The maximum atomic E-state index is 12.8. The lowest BCUT2D eigenvalue weighted by Crippen LogP contribution is -2.33. The Labute approximate surface area is 207 Å². The summed E-state index contributed by atoms with van der Waals surface area (Å²) in [6, 6.07) is 12.8. The predicted molar refractivity (Wildman–Crippen MR) is 134 cm³/mol. The summed E-state index contributed by atoms with van der Waals surface area (Å²) in [6.07, 6.45) is 0.932. The molecule has 1 atom stereocenters. The Balaban J connectivity index is 1.66. The molecule has 35 heavy (non-hydrogen) atoms. The molecular formula is C24H28N6O4S. The van der Waals surface area contributed by atoms with Gasteiger partial charge in [0.2, 0.25) is 5.91 Å². The van der Waals surface area contributed by atoms with Gasteiger partial charge in [-0.1, -0.05) is 50.7 Å². The van der Waals surface area contributed by atoms with Crippen LogP contribution < -0.4 is 10.6 Å².